The lowest BCUT2D eigenvalue weighted by Crippen LogP contribution is -2.26. The molecule has 2 aromatic rings. The van der Waals surface area contributed by atoms with Crippen LogP contribution in [0, 0.1) is 16.3 Å². The van der Waals surface area contributed by atoms with Crippen LogP contribution in [0.3, 0.4) is 0 Å². The number of hydrogen-bond acceptors (Lipinski definition) is 2. The van der Waals surface area contributed by atoms with E-state index in [0.717, 1.165) is 5.56 Å². The van der Waals surface area contributed by atoms with Crippen LogP contribution in [0.25, 0.3) is 0 Å². The van der Waals surface area contributed by atoms with Crippen LogP contribution in [0.15, 0.2) is 35.3 Å². The van der Waals surface area contributed by atoms with Gasteiger partial charge in [0.2, 0.25) is 0 Å². The number of halogens is 2. The van der Waals surface area contributed by atoms with Gasteiger partial charge in [-0.2, -0.15) is 0 Å². The van der Waals surface area contributed by atoms with E-state index >= 15 is 0 Å². The Labute approximate surface area is 111 Å². The zero-order chi connectivity index (χ0) is 12.4. The maximum Gasteiger partial charge on any atom is 0.267 e. The molecule has 0 bridgehead atoms. The van der Waals surface area contributed by atoms with E-state index in [-0.39, 0.29) is 11.4 Å². The molecule has 1 aromatic heterocycles. The number of aromatic nitrogens is 2. The molecule has 3 nitrogen and oxygen atoms in total. The van der Waals surface area contributed by atoms with E-state index in [1.54, 1.807) is 25.3 Å². The normalized spacial score (nSPS) is 10.5. The zero-order valence-corrected chi connectivity index (χ0v) is 11.3. The minimum absolute atomic E-state index is 0.0950. The molecule has 2 rings (SSSR count). The summed E-state index contributed by atoms with van der Waals surface area (Å²) in [5.74, 6) is 0.325. The molecule has 0 aliphatic carbocycles. The molecule has 5 heteroatoms. The second-order valence-electron chi connectivity index (χ2n) is 3.67. The highest BCUT2D eigenvalue weighted by atomic mass is 127. The molecule has 0 amide bonds. The van der Waals surface area contributed by atoms with E-state index in [9.17, 15) is 9.18 Å². The van der Waals surface area contributed by atoms with Gasteiger partial charge in [0.05, 0.1) is 10.1 Å². The summed E-state index contributed by atoms with van der Waals surface area (Å²) in [7, 11) is 0. The molecule has 0 atom stereocenters. The topological polar surface area (TPSA) is 34.9 Å². The minimum Gasteiger partial charge on any atom is -0.292 e. The van der Waals surface area contributed by atoms with Gasteiger partial charge in [0.15, 0.2) is 0 Å². The zero-order valence-electron chi connectivity index (χ0n) is 9.15. The Morgan fingerprint density at radius 1 is 1.47 bits per heavy atom. The molecule has 0 aliphatic rings. The van der Waals surface area contributed by atoms with Crippen molar-refractivity contribution >= 4 is 22.6 Å². The average Bonchev–Trinajstić information content (AvgIpc) is 2.30. The van der Waals surface area contributed by atoms with Gasteiger partial charge >= 0.3 is 0 Å². The van der Waals surface area contributed by atoms with E-state index < -0.39 is 0 Å². The number of benzene rings is 1. The van der Waals surface area contributed by atoms with Crippen LogP contribution in [0.5, 0.6) is 0 Å². The van der Waals surface area contributed by atoms with Crippen LogP contribution in [0.1, 0.15) is 11.4 Å². The molecule has 0 saturated carbocycles. The van der Waals surface area contributed by atoms with Gasteiger partial charge < -0.3 is 0 Å². The van der Waals surface area contributed by atoms with E-state index in [0.29, 0.717) is 15.9 Å². The molecule has 0 spiro atoms. The Morgan fingerprint density at radius 3 is 2.94 bits per heavy atom. The molecule has 88 valence electrons. The van der Waals surface area contributed by atoms with Gasteiger partial charge in [-0.3, -0.25) is 9.36 Å². The lowest BCUT2D eigenvalue weighted by Gasteiger charge is -2.09. The first-order chi connectivity index (χ1) is 8.08. The lowest BCUT2D eigenvalue weighted by atomic mass is 10.2. The third kappa shape index (κ3) is 2.71. The molecule has 0 N–H and O–H groups in total. The monoisotopic (exact) mass is 344 g/mol. The molecule has 0 fully saturated rings. The standard InChI is InChI=1S/C12H10FIN2O/c1-8-15-6-11(14)12(17)16(8)7-9-3-2-4-10(13)5-9/h2-6H,7H2,1H3. The van der Waals surface area contributed by atoms with Gasteiger partial charge in [-0.05, 0) is 47.2 Å². The summed E-state index contributed by atoms with van der Waals surface area (Å²) < 4.78 is 15.1. The van der Waals surface area contributed by atoms with Crippen molar-refractivity contribution in [2.75, 3.05) is 0 Å². The Balaban J connectivity index is 2.43. The summed E-state index contributed by atoms with van der Waals surface area (Å²) in [6.07, 6.45) is 1.54. The molecule has 17 heavy (non-hydrogen) atoms. The SMILES string of the molecule is Cc1ncc(I)c(=O)n1Cc1cccc(F)c1. The highest BCUT2D eigenvalue weighted by Crippen LogP contribution is 2.06. The van der Waals surface area contributed by atoms with Crippen LogP contribution in [-0.2, 0) is 6.54 Å². The fourth-order valence-electron chi connectivity index (χ4n) is 1.55. The van der Waals surface area contributed by atoms with Gasteiger partial charge in [0, 0.05) is 6.20 Å². The predicted molar refractivity (Wildman–Crippen MR) is 71.5 cm³/mol. The third-order valence-corrected chi connectivity index (χ3v) is 3.17. The highest BCUT2D eigenvalue weighted by Gasteiger charge is 2.06. The Bertz CT molecular complexity index is 610. The van der Waals surface area contributed by atoms with Crippen molar-refractivity contribution in [1.82, 2.24) is 9.55 Å². The van der Waals surface area contributed by atoms with Crippen molar-refractivity contribution in [3.05, 3.63) is 61.6 Å². The summed E-state index contributed by atoms with van der Waals surface area (Å²) in [4.78, 5) is 16.0. The molecule has 0 aliphatic heterocycles. The maximum absolute atomic E-state index is 13.0. The van der Waals surface area contributed by atoms with Crippen molar-refractivity contribution in [2.24, 2.45) is 0 Å². The van der Waals surface area contributed by atoms with Gasteiger partial charge in [-0.15, -0.1) is 0 Å². The Kier molecular flexibility index (Phi) is 3.56. The van der Waals surface area contributed by atoms with Crippen molar-refractivity contribution in [3.63, 3.8) is 0 Å². The average molecular weight is 344 g/mol. The van der Waals surface area contributed by atoms with Crippen molar-refractivity contribution in [1.29, 1.82) is 0 Å². The molecule has 0 saturated heterocycles. The second-order valence-corrected chi connectivity index (χ2v) is 4.84. The number of hydrogen-bond donors (Lipinski definition) is 0. The first kappa shape index (κ1) is 12.2. The van der Waals surface area contributed by atoms with Gasteiger partial charge in [-0.1, -0.05) is 12.1 Å². The van der Waals surface area contributed by atoms with E-state index in [2.05, 4.69) is 4.98 Å². The maximum atomic E-state index is 13.0. The summed E-state index contributed by atoms with van der Waals surface area (Å²) in [5, 5.41) is 0. The molecule has 1 heterocycles. The molecule has 0 unspecified atom stereocenters. The Morgan fingerprint density at radius 2 is 2.24 bits per heavy atom. The minimum atomic E-state index is -0.299. The summed E-state index contributed by atoms with van der Waals surface area (Å²) in [6.45, 7) is 2.10. The summed E-state index contributed by atoms with van der Waals surface area (Å²) in [6, 6.07) is 6.22. The largest absolute Gasteiger partial charge is 0.292 e. The molecular weight excluding hydrogens is 334 g/mol. The fraction of sp³-hybridized carbons (Fsp3) is 0.167. The number of nitrogens with zero attached hydrogens (tertiary/aromatic N) is 2. The number of rotatable bonds is 2. The molecular formula is C12H10FIN2O. The summed E-state index contributed by atoms with van der Waals surface area (Å²) in [5.41, 5.74) is 0.654. The first-order valence-corrected chi connectivity index (χ1v) is 6.12. The first-order valence-electron chi connectivity index (χ1n) is 5.04. The van der Waals surface area contributed by atoms with Gasteiger partial charge in [0.1, 0.15) is 11.6 Å². The van der Waals surface area contributed by atoms with E-state index in [4.69, 9.17) is 0 Å². The van der Waals surface area contributed by atoms with Crippen molar-refractivity contribution in [2.45, 2.75) is 13.5 Å². The number of aryl methyl sites for hydroxylation is 1. The van der Waals surface area contributed by atoms with E-state index in [1.165, 1.54) is 16.7 Å². The van der Waals surface area contributed by atoms with Crippen molar-refractivity contribution < 1.29 is 4.39 Å². The van der Waals surface area contributed by atoms with Crippen LogP contribution in [-0.4, -0.2) is 9.55 Å². The van der Waals surface area contributed by atoms with Crippen LogP contribution in [0.4, 0.5) is 4.39 Å². The fourth-order valence-corrected chi connectivity index (χ4v) is 1.99. The smallest absolute Gasteiger partial charge is 0.267 e. The lowest BCUT2D eigenvalue weighted by molar-refractivity contribution is 0.620. The Hall–Kier alpha value is -1.24. The van der Waals surface area contributed by atoms with E-state index in [1.807, 2.05) is 22.6 Å². The predicted octanol–water partition coefficient (Wildman–Crippen LogP) is 2.34. The summed E-state index contributed by atoms with van der Waals surface area (Å²) >= 11 is 1.95. The molecule has 1 aromatic carbocycles. The van der Waals surface area contributed by atoms with Gasteiger partial charge in [0.25, 0.3) is 5.56 Å². The quantitative estimate of drug-likeness (QED) is 0.784. The second kappa shape index (κ2) is 4.95. The van der Waals surface area contributed by atoms with Crippen LogP contribution >= 0.6 is 22.6 Å². The van der Waals surface area contributed by atoms with Crippen molar-refractivity contribution in [3.8, 4) is 0 Å². The third-order valence-electron chi connectivity index (χ3n) is 2.43. The van der Waals surface area contributed by atoms with Crippen LogP contribution in [0.2, 0.25) is 0 Å². The molecule has 0 radical (unpaired) electrons. The van der Waals surface area contributed by atoms with Crippen LogP contribution < -0.4 is 5.56 Å². The van der Waals surface area contributed by atoms with Gasteiger partial charge in [-0.25, -0.2) is 9.37 Å². The highest BCUT2D eigenvalue weighted by molar-refractivity contribution is 14.1.